The standard InChI is InChI=1S/C28H38ClN5O2/c1-20(17-35-2)33-22-8-6-21(7-9-22)14-23-15-24(25(29)16-31-23)26-4-3-5-27(34-26)32-19-28(18-30)10-12-36-13-11-28/h3-5,15-16,20-22,33H,6-14,17,19H2,1-2H3,(H,32,34)/i20D. The van der Waals surface area contributed by atoms with E-state index in [0.29, 0.717) is 43.3 Å². The maximum atomic E-state index is 9.73. The molecule has 0 spiro atoms. The molecule has 1 atom stereocenters. The predicted octanol–water partition coefficient (Wildman–Crippen LogP) is 5.26. The summed E-state index contributed by atoms with van der Waals surface area (Å²) in [6.45, 7) is 4.03. The minimum absolute atomic E-state index is 0.350. The van der Waals surface area contributed by atoms with E-state index in [2.05, 4.69) is 27.8 Å². The Morgan fingerprint density at radius 3 is 2.81 bits per heavy atom. The first-order valence-corrected chi connectivity index (χ1v) is 13.3. The zero-order valence-electron chi connectivity index (χ0n) is 22.4. The molecule has 1 unspecified atom stereocenters. The van der Waals surface area contributed by atoms with Gasteiger partial charge in [0.15, 0.2) is 0 Å². The van der Waals surface area contributed by atoms with Gasteiger partial charge in [0.2, 0.25) is 0 Å². The van der Waals surface area contributed by atoms with Crippen LogP contribution in [0.15, 0.2) is 30.5 Å². The number of nitriles is 1. The second-order valence-electron chi connectivity index (χ2n) is 10.2. The Kier molecular flexibility index (Phi) is 9.05. The first-order chi connectivity index (χ1) is 17.8. The summed E-state index contributed by atoms with van der Waals surface area (Å²) >= 11 is 6.56. The van der Waals surface area contributed by atoms with Crippen molar-refractivity contribution in [3.8, 4) is 17.3 Å². The fourth-order valence-electron chi connectivity index (χ4n) is 5.24. The first kappa shape index (κ1) is 25.4. The van der Waals surface area contributed by atoms with Crippen molar-refractivity contribution >= 4 is 17.4 Å². The topological polar surface area (TPSA) is 92.1 Å². The van der Waals surface area contributed by atoms with Gasteiger partial charge in [-0.3, -0.25) is 4.98 Å². The molecule has 0 bridgehead atoms. The van der Waals surface area contributed by atoms with Crippen LogP contribution in [0.4, 0.5) is 5.82 Å². The fraction of sp³-hybridized carbons (Fsp3) is 0.607. The minimum Gasteiger partial charge on any atom is -0.383 e. The van der Waals surface area contributed by atoms with Crippen LogP contribution in [0.3, 0.4) is 0 Å². The molecule has 0 radical (unpaired) electrons. The van der Waals surface area contributed by atoms with Crippen molar-refractivity contribution in [3.63, 3.8) is 0 Å². The van der Waals surface area contributed by atoms with E-state index in [9.17, 15) is 5.26 Å². The lowest BCUT2D eigenvalue weighted by atomic mass is 9.82. The molecule has 1 saturated heterocycles. The zero-order valence-corrected chi connectivity index (χ0v) is 22.1. The van der Waals surface area contributed by atoms with Gasteiger partial charge < -0.3 is 20.1 Å². The summed E-state index contributed by atoms with van der Waals surface area (Å²) in [5, 5.41) is 17.1. The van der Waals surface area contributed by atoms with Crippen LogP contribution in [0.5, 0.6) is 0 Å². The molecule has 1 saturated carbocycles. The van der Waals surface area contributed by atoms with Gasteiger partial charge >= 0.3 is 0 Å². The monoisotopic (exact) mass is 512 g/mol. The molecule has 194 valence electrons. The number of hydrogen-bond donors (Lipinski definition) is 2. The Hall–Kier alpha value is -2.24. The van der Waals surface area contributed by atoms with Crippen LogP contribution in [0, 0.1) is 22.7 Å². The summed E-state index contributed by atoms with van der Waals surface area (Å²) < 4.78 is 18.9. The van der Waals surface area contributed by atoms with E-state index < -0.39 is 11.4 Å². The van der Waals surface area contributed by atoms with Crippen molar-refractivity contribution in [3.05, 3.63) is 41.2 Å². The number of halogens is 1. The average molecular weight is 513 g/mol. The van der Waals surface area contributed by atoms with Crippen LogP contribution in [0.2, 0.25) is 5.02 Å². The molecule has 36 heavy (non-hydrogen) atoms. The first-order valence-electron chi connectivity index (χ1n) is 13.4. The Bertz CT molecular complexity index is 1080. The number of nitrogens with zero attached hydrogens (tertiary/aromatic N) is 3. The second kappa shape index (κ2) is 12.8. The van der Waals surface area contributed by atoms with Crippen LogP contribution >= 0.6 is 11.6 Å². The van der Waals surface area contributed by atoms with Crippen molar-refractivity contribution in [2.75, 3.05) is 38.8 Å². The van der Waals surface area contributed by atoms with Crippen LogP contribution in [-0.2, 0) is 15.9 Å². The number of ether oxygens (including phenoxy) is 2. The maximum Gasteiger partial charge on any atom is 0.126 e. The van der Waals surface area contributed by atoms with Crippen LogP contribution in [-0.4, -0.2) is 55.5 Å². The smallest absolute Gasteiger partial charge is 0.126 e. The summed E-state index contributed by atoms with van der Waals surface area (Å²) in [7, 11) is 1.64. The van der Waals surface area contributed by atoms with Gasteiger partial charge in [0.1, 0.15) is 5.82 Å². The van der Waals surface area contributed by atoms with Crippen LogP contribution in [0.25, 0.3) is 11.3 Å². The molecular weight excluding hydrogens is 474 g/mol. The van der Waals surface area contributed by atoms with E-state index in [4.69, 9.17) is 27.4 Å². The number of aromatic nitrogens is 2. The van der Waals surface area contributed by atoms with Crippen molar-refractivity contribution in [2.24, 2.45) is 11.3 Å². The molecule has 2 aromatic heterocycles. The summed E-state index contributed by atoms with van der Waals surface area (Å²) in [6.07, 6.45) is 8.38. The Labute approximate surface area is 221 Å². The Morgan fingerprint density at radius 2 is 2.08 bits per heavy atom. The largest absolute Gasteiger partial charge is 0.383 e. The fourth-order valence-corrected chi connectivity index (χ4v) is 5.44. The van der Waals surface area contributed by atoms with E-state index in [1.165, 1.54) is 0 Å². The van der Waals surface area contributed by atoms with E-state index in [-0.39, 0.29) is 0 Å². The van der Waals surface area contributed by atoms with E-state index in [1.54, 1.807) is 13.3 Å². The van der Waals surface area contributed by atoms with E-state index >= 15 is 0 Å². The SMILES string of the molecule is [2H]C(C)(COC)NC1CCC(Cc2cc(-c3cccc(NCC4(C#N)CCOCC4)n3)c(Cl)cn2)CC1. The quantitative estimate of drug-likeness (QED) is 0.448. The summed E-state index contributed by atoms with van der Waals surface area (Å²) in [5.74, 6) is 1.29. The second-order valence-corrected chi connectivity index (χ2v) is 10.6. The molecule has 4 rings (SSSR count). The van der Waals surface area contributed by atoms with Crippen LogP contribution < -0.4 is 10.6 Å². The molecule has 0 amide bonds. The number of methoxy groups -OCH3 is 1. The van der Waals surface area contributed by atoms with E-state index in [0.717, 1.165) is 67.7 Å². The summed E-state index contributed by atoms with van der Waals surface area (Å²) in [5.41, 5.74) is 2.26. The lowest BCUT2D eigenvalue weighted by molar-refractivity contribution is 0.0455. The highest BCUT2D eigenvalue weighted by Gasteiger charge is 2.32. The number of anilines is 1. The molecule has 0 aromatic carbocycles. The number of hydrogen-bond acceptors (Lipinski definition) is 7. The third kappa shape index (κ3) is 7.17. The summed E-state index contributed by atoms with van der Waals surface area (Å²) in [4.78, 5) is 9.42. The molecule has 1 aliphatic heterocycles. The van der Waals surface area contributed by atoms with Gasteiger partial charge in [-0.05, 0) is 76.0 Å². The van der Waals surface area contributed by atoms with Crippen LogP contribution in [0.1, 0.15) is 52.5 Å². The van der Waals surface area contributed by atoms with Gasteiger partial charge in [0, 0.05) is 57.8 Å². The third-order valence-electron chi connectivity index (χ3n) is 7.39. The molecule has 8 heteroatoms. The number of rotatable bonds is 10. The molecule has 2 aromatic rings. The van der Waals surface area contributed by atoms with Gasteiger partial charge in [0.25, 0.3) is 0 Å². The van der Waals surface area contributed by atoms with Gasteiger partial charge in [0.05, 0.1) is 28.8 Å². The van der Waals surface area contributed by atoms with Gasteiger partial charge in [-0.1, -0.05) is 17.7 Å². The van der Waals surface area contributed by atoms with Crippen molar-refractivity contribution in [2.45, 2.75) is 63.9 Å². The molecule has 3 heterocycles. The summed E-state index contributed by atoms with van der Waals surface area (Å²) in [6, 6.07) is 9.99. The third-order valence-corrected chi connectivity index (χ3v) is 7.69. The highest BCUT2D eigenvalue weighted by molar-refractivity contribution is 6.33. The minimum atomic E-state index is -0.755. The van der Waals surface area contributed by atoms with Crippen molar-refractivity contribution in [1.29, 1.82) is 5.26 Å². The molecule has 2 fully saturated rings. The van der Waals surface area contributed by atoms with E-state index in [1.807, 2.05) is 25.1 Å². The Balaban J connectivity index is 1.37. The number of pyridine rings is 2. The zero-order chi connectivity index (χ0) is 26.3. The molecule has 1 aliphatic carbocycles. The highest BCUT2D eigenvalue weighted by Crippen LogP contribution is 2.32. The average Bonchev–Trinajstić information content (AvgIpc) is 2.90. The predicted molar refractivity (Wildman–Crippen MR) is 143 cm³/mol. The molecule has 7 nitrogen and oxygen atoms in total. The maximum absolute atomic E-state index is 9.73. The lowest BCUT2D eigenvalue weighted by Crippen LogP contribution is -2.41. The van der Waals surface area contributed by atoms with Crippen molar-refractivity contribution in [1.82, 2.24) is 15.3 Å². The molecule has 2 aliphatic rings. The lowest BCUT2D eigenvalue weighted by Gasteiger charge is -2.31. The highest BCUT2D eigenvalue weighted by atomic mass is 35.5. The molecular formula is C28H38ClN5O2. The molecule has 2 N–H and O–H groups in total. The van der Waals surface area contributed by atoms with Crippen molar-refractivity contribution < 1.29 is 10.8 Å². The Morgan fingerprint density at radius 1 is 1.31 bits per heavy atom. The van der Waals surface area contributed by atoms with Gasteiger partial charge in [-0.15, -0.1) is 0 Å². The van der Waals surface area contributed by atoms with Gasteiger partial charge in [-0.2, -0.15) is 5.26 Å². The number of nitrogens with one attached hydrogen (secondary N) is 2. The normalized spacial score (nSPS) is 23.8. The van der Waals surface area contributed by atoms with Gasteiger partial charge in [-0.25, -0.2) is 4.98 Å².